The predicted octanol–water partition coefficient (Wildman–Crippen LogP) is 7.55. The molecule has 1 rings (SSSR count). The minimum atomic E-state index is -4.61. The first-order chi connectivity index (χ1) is 27.0. The molecule has 0 amide bonds. The van der Waals surface area contributed by atoms with Crippen molar-refractivity contribution < 1.29 is 56.8 Å². The summed E-state index contributed by atoms with van der Waals surface area (Å²) < 4.78 is 53.8. The molecule has 1 saturated heterocycles. The lowest BCUT2D eigenvalue weighted by Gasteiger charge is -2.40. The van der Waals surface area contributed by atoms with Gasteiger partial charge in [0, 0.05) is 12.8 Å². The number of carbonyl (C=O) groups is 2. The molecule has 0 aromatic heterocycles. The van der Waals surface area contributed by atoms with Crippen molar-refractivity contribution in [3.8, 4) is 0 Å². The maximum absolute atomic E-state index is 12.7. The van der Waals surface area contributed by atoms with E-state index < -0.39 is 71.2 Å². The summed E-state index contributed by atoms with van der Waals surface area (Å²) in [7, 11) is -4.61. The van der Waals surface area contributed by atoms with Gasteiger partial charge in [-0.05, 0) is 57.8 Å². The van der Waals surface area contributed by atoms with Gasteiger partial charge in [0.1, 0.15) is 36.8 Å². The maximum Gasteiger partial charge on any atom is 0.306 e. The minimum absolute atomic E-state index is 0.112. The molecule has 0 aliphatic carbocycles. The monoisotopic (exact) mass is 810 g/mol. The summed E-state index contributed by atoms with van der Waals surface area (Å²) in [5, 5.41) is 30.8. The fourth-order valence-electron chi connectivity index (χ4n) is 5.68. The van der Waals surface area contributed by atoms with Gasteiger partial charge in [-0.15, -0.1) is 0 Å². The average Bonchev–Trinajstić information content (AvgIpc) is 3.16. The highest BCUT2D eigenvalue weighted by molar-refractivity contribution is 7.85. The smallest absolute Gasteiger partial charge is 0.306 e. The molecule has 6 atom stereocenters. The van der Waals surface area contributed by atoms with E-state index in [1.54, 1.807) is 0 Å². The molecule has 4 N–H and O–H groups in total. The molecule has 1 fully saturated rings. The van der Waals surface area contributed by atoms with Crippen LogP contribution in [0.25, 0.3) is 0 Å². The van der Waals surface area contributed by atoms with E-state index >= 15 is 0 Å². The SMILES string of the molecule is CC/C=C/C=C/C=C/C=C/CCCCCC(=O)OC(COC(=O)CCCCCCCC/C=C/C=C/CCCCC)CO[C@H]1O[C@H](CS(=O)(=O)O)[C@@H](O)C(O)C1O. The number of hydrogen-bond acceptors (Lipinski definition) is 11. The molecule has 0 spiro atoms. The van der Waals surface area contributed by atoms with Gasteiger partial charge in [0.25, 0.3) is 10.1 Å². The maximum atomic E-state index is 12.7. The molecule has 0 aromatic rings. The molecule has 320 valence electrons. The van der Waals surface area contributed by atoms with Crippen LogP contribution in [-0.4, -0.2) is 96.0 Å². The van der Waals surface area contributed by atoms with Crippen LogP contribution in [0.2, 0.25) is 0 Å². The van der Waals surface area contributed by atoms with Crippen LogP contribution in [0.4, 0.5) is 0 Å². The van der Waals surface area contributed by atoms with E-state index in [0.29, 0.717) is 12.8 Å². The van der Waals surface area contributed by atoms with Gasteiger partial charge < -0.3 is 34.3 Å². The molecule has 3 unspecified atom stereocenters. The summed E-state index contributed by atoms with van der Waals surface area (Å²) in [6.45, 7) is 3.51. The minimum Gasteiger partial charge on any atom is -0.462 e. The standard InChI is InChI=1S/C43H70O12S/c1-3-5-7-9-11-13-15-17-18-20-21-23-25-27-29-31-38(44)52-33-36(34-53-43-42(48)41(47)40(46)37(55-43)35-56(49,50)51)54-39(45)32-30-28-26-24-22-19-16-14-12-10-8-6-4-2/h6,8,10-17,19,22,36-37,40-43,46-48H,3-5,7,9,18,20-21,23-35H2,1-2H3,(H,49,50,51)/b8-6+,12-10+,13-11+,16-14+,17-15+,22-19+/t36?,37-,40-,41?,42?,43+/m1/s1. The fraction of sp³-hybridized carbons (Fsp3) is 0.674. The number of carbonyl (C=O) groups excluding carboxylic acids is 2. The molecule has 0 aromatic carbocycles. The third-order valence-corrected chi connectivity index (χ3v) is 9.64. The third-order valence-electron chi connectivity index (χ3n) is 8.89. The predicted molar refractivity (Wildman–Crippen MR) is 219 cm³/mol. The summed E-state index contributed by atoms with van der Waals surface area (Å²) in [6.07, 6.45) is 31.0. The van der Waals surface area contributed by atoms with E-state index in [9.17, 15) is 37.9 Å². The first-order valence-electron chi connectivity index (χ1n) is 20.6. The van der Waals surface area contributed by atoms with Crippen LogP contribution in [0.5, 0.6) is 0 Å². The van der Waals surface area contributed by atoms with E-state index in [4.69, 9.17) is 18.9 Å². The van der Waals surface area contributed by atoms with Gasteiger partial charge in [-0.3, -0.25) is 14.1 Å². The van der Waals surface area contributed by atoms with Crippen LogP contribution in [0.3, 0.4) is 0 Å². The highest BCUT2D eigenvalue weighted by atomic mass is 32.2. The van der Waals surface area contributed by atoms with Gasteiger partial charge in [0.05, 0.1) is 6.61 Å². The Balaban J connectivity index is 2.54. The quantitative estimate of drug-likeness (QED) is 0.0227. The second-order valence-corrected chi connectivity index (χ2v) is 15.5. The number of allylic oxidation sites excluding steroid dienone is 12. The lowest BCUT2D eigenvalue weighted by Crippen LogP contribution is -2.60. The van der Waals surface area contributed by atoms with Crippen molar-refractivity contribution in [1.82, 2.24) is 0 Å². The number of esters is 2. The summed E-state index contributed by atoms with van der Waals surface area (Å²) in [4.78, 5) is 25.3. The van der Waals surface area contributed by atoms with Crippen LogP contribution < -0.4 is 0 Å². The Hall–Kier alpha value is -2.91. The van der Waals surface area contributed by atoms with Gasteiger partial charge >= 0.3 is 11.9 Å². The summed E-state index contributed by atoms with van der Waals surface area (Å²) in [5.41, 5.74) is 0. The Labute approximate surface area is 336 Å². The molecule has 13 heteroatoms. The fourth-order valence-corrected chi connectivity index (χ4v) is 6.37. The Kier molecular flexibility index (Phi) is 30.2. The second-order valence-electron chi connectivity index (χ2n) is 14.0. The zero-order valence-corrected chi connectivity index (χ0v) is 34.5. The van der Waals surface area contributed by atoms with Gasteiger partial charge in [-0.25, -0.2) is 0 Å². The number of aliphatic hydroxyl groups excluding tert-OH is 3. The normalized spacial score (nSPS) is 21.4. The lowest BCUT2D eigenvalue weighted by atomic mass is 10.00. The number of unbranched alkanes of at least 4 members (excludes halogenated alkanes) is 12. The van der Waals surface area contributed by atoms with E-state index in [-0.39, 0.29) is 19.4 Å². The molecule has 12 nitrogen and oxygen atoms in total. The molecule has 56 heavy (non-hydrogen) atoms. The van der Waals surface area contributed by atoms with Crippen LogP contribution in [-0.2, 0) is 38.7 Å². The first-order valence-corrected chi connectivity index (χ1v) is 22.2. The van der Waals surface area contributed by atoms with Gasteiger partial charge in [0.15, 0.2) is 12.4 Å². The first kappa shape index (κ1) is 51.1. The molecule has 0 radical (unpaired) electrons. The molecule has 0 bridgehead atoms. The Morgan fingerprint density at radius 2 is 1.12 bits per heavy atom. The van der Waals surface area contributed by atoms with Crippen molar-refractivity contribution >= 4 is 22.1 Å². The summed E-state index contributed by atoms with van der Waals surface area (Å²) in [5.74, 6) is -2.06. The lowest BCUT2D eigenvalue weighted by molar-refractivity contribution is -0.297. The van der Waals surface area contributed by atoms with E-state index in [2.05, 4.69) is 50.3 Å². The molecule has 1 aliphatic heterocycles. The Morgan fingerprint density at radius 1 is 0.625 bits per heavy atom. The summed E-state index contributed by atoms with van der Waals surface area (Å²) >= 11 is 0. The van der Waals surface area contributed by atoms with Gasteiger partial charge in [-0.1, -0.05) is 132 Å². The highest BCUT2D eigenvalue weighted by Crippen LogP contribution is 2.24. The molecular weight excluding hydrogens is 741 g/mol. The number of aliphatic hydroxyl groups is 3. The van der Waals surface area contributed by atoms with Crippen LogP contribution in [0, 0.1) is 0 Å². The molecule has 1 heterocycles. The topological polar surface area (TPSA) is 186 Å². The molecule has 1 aliphatic rings. The van der Waals surface area contributed by atoms with E-state index in [1.165, 1.54) is 19.3 Å². The largest absolute Gasteiger partial charge is 0.462 e. The van der Waals surface area contributed by atoms with Crippen molar-refractivity contribution in [1.29, 1.82) is 0 Å². The second kappa shape index (κ2) is 33.1. The van der Waals surface area contributed by atoms with Crippen molar-refractivity contribution in [3.05, 3.63) is 72.9 Å². The van der Waals surface area contributed by atoms with Crippen molar-refractivity contribution in [2.75, 3.05) is 19.0 Å². The molecular formula is C43H70O12S. The van der Waals surface area contributed by atoms with Gasteiger partial charge in [0.2, 0.25) is 0 Å². The zero-order valence-electron chi connectivity index (χ0n) is 33.7. The van der Waals surface area contributed by atoms with E-state index in [1.807, 2.05) is 36.5 Å². The number of hydrogen-bond donors (Lipinski definition) is 4. The Morgan fingerprint density at radius 3 is 1.71 bits per heavy atom. The van der Waals surface area contributed by atoms with E-state index in [0.717, 1.165) is 70.6 Å². The van der Waals surface area contributed by atoms with Crippen LogP contribution >= 0.6 is 0 Å². The van der Waals surface area contributed by atoms with Crippen molar-refractivity contribution in [3.63, 3.8) is 0 Å². The van der Waals surface area contributed by atoms with Crippen molar-refractivity contribution in [2.45, 2.75) is 166 Å². The van der Waals surface area contributed by atoms with Crippen molar-refractivity contribution in [2.24, 2.45) is 0 Å². The van der Waals surface area contributed by atoms with Gasteiger partial charge in [-0.2, -0.15) is 8.42 Å². The number of ether oxygens (including phenoxy) is 4. The average molecular weight is 811 g/mol. The zero-order chi connectivity index (χ0) is 41.3. The van der Waals surface area contributed by atoms with Crippen LogP contribution in [0.15, 0.2) is 72.9 Å². The molecule has 0 saturated carbocycles. The summed E-state index contributed by atoms with van der Waals surface area (Å²) in [6, 6.07) is 0. The van der Waals surface area contributed by atoms with Crippen LogP contribution in [0.1, 0.15) is 129 Å². The highest BCUT2D eigenvalue weighted by Gasteiger charge is 2.46. The third kappa shape index (κ3) is 27.6. The number of rotatable bonds is 32. The Bertz CT molecular complexity index is 1320.